The molecular formula is C56H82Br2N2O3. The summed E-state index contributed by atoms with van der Waals surface area (Å²) in [4.78, 5) is 1.83. The second-order valence-corrected chi connectivity index (χ2v) is 16.5. The van der Waals surface area contributed by atoms with Crippen LogP contribution in [-0.4, -0.2) is 70.8 Å². The molecule has 0 saturated heterocycles. The van der Waals surface area contributed by atoms with Crippen LogP contribution in [0.15, 0.2) is 48.5 Å². The molecule has 63 heavy (non-hydrogen) atoms. The highest BCUT2D eigenvalue weighted by Crippen LogP contribution is 2.19. The van der Waals surface area contributed by atoms with Crippen LogP contribution in [0, 0.1) is 74.1 Å². The number of phenols is 1. The van der Waals surface area contributed by atoms with Gasteiger partial charge in [0, 0.05) is 10.9 Å². The Hall–Kier alpha value is -3.76. The number of hydrogen-bond acceptors (Lipinski definition) is 4. The van der Waals surface area contributed by atoms with Crippen LogP contribution < -0.4 is 21.7 Å². The average Bonchev–Trinajstić information content (AvgIpc) is 3.27. The van der Waals surface area contributed by atoms with E-state index in [1.165, 1.54) is 133 Å². The van der Waals surface area contributed by atoms with Crippen LogP contribution in [-0.2, 0) is 13.2 Å². The Labute approximate surface area is 406 Å². The zero-order chi connectivity index (χ0) is 46.2. The highest BCUT2D eigenvalue weighted by molar-refractivity contribution is 9.09. The van der Waals surface area contributed by atoms with E-state index in [1.807, 2.05) is 17.0 Å². The van der Waals surface area contributed by atoms with Crippen LogP contribution in [0.5, 0.6) is 11.5 Å². The number of rotatable bonds is 31. The van der Waals surface area contributed by atoms with E-state index < -0.39 is 0 Å². The van der Waals surface area contributed by atoms with Gasteiger partial charge < -0.3 is 31.9 Å². The Balaban J connectivity index is -0.000000891. The molecule has 2 aromatic carbocycles. The number of ether oxygens (including phenoxy) is 1. The van der Waals surface area contributed by atoms with Crippen LogP contribution >= 0.6 is 15.9 Å². The fourth-order valence-electron chi connectivity index (χ4n) is 6.51. The van der Waals surface area contributed by atoms with Crippen molar-refractivity contribution in [1.29, 1.82) is 0 Å². The number of phenolic OH excluding ortho intramolecular Hbond substituents is 1. The van der Waals surface area contributed by atoms with Crippen molar-refractivity contribution in [2.24, 2.45) is 0 Å². The second-order valence-electron chi connectivity index (χ2n) is 15.7. The maximum absolute atomic E-state index is 8.77. The Bertz CT molecular complexity index is 1480. The lowest BCUT2D eigenvalue weighted by atomic mass is 10.1. The van der Waals surface area contributed by atoms with Crippen molar-refractivity contribution >= 4 is 15.9 Å². The molecule has 0 heterocycles. The molecule has 0 bridgehead atoms. The molecule has 2 aromatic rings. The van der Waals surface area contributed by atoms with Gasteiger partial charge >= 0.3 is 0 Å². The molecule has 0 atom stereocenters. The SMILES string of the molecule is C#CCN(CC#C)CC#C.C#CC[N+](CC#C)(CC#C)Cc1ccc(OCCCCCCCCCCCC)cc1.CCCCCCCCCCCCBr.OCc1ccc(O)cc1.[Br-]. The fraction of sp³-hybridized carbons (Fsp3) is 0.571. The fourth-order valence-corrected chi connectivity index (χ4v) is 6.91. The summed E-state index contributed by atoms with van der Waals surface area (Å²) in [5.41, 5.74) is 1.98. The third-order valence-corrected chi connectivity index (χ3v) is 10.6. The number of aliphatic hydroxyl groups is 1. The Morgan fingerprint density at radius 1 is 0.524 bits per heavy atom. The predicted octanol–water partition coefficient (Wildman–Crippen LogP) is 9.58. The summed E-state index contributed by atoms with van der Waals surface area (Å²) >= 11 is 3.46. The number of aromatic hydroxyl groups is 1. The molecule has 2 rings (SSSR count). The monoisotopic (exact) mass is 988 g/mol. The minimum atomic E-state index is 0. The van der Waals surface area contributed by atoms with Crippen molar-refractivity contribution in [2.75, 3.05) is 51.2 Å². The van der Waals surface area contributed by atoms with Gasteiger partial charge in [-0.1, -0.05) is 175 Å². The smallest absolute Gasteiger partial charge is 0.142 e. The van der Waals surface area contributed by atoms with E-state index in [2.05, 4.69) is 77.4 Å². The van der Waals surface area contributed by atoms with Gasteiger partial charge in [0.1, 0.15) is 37.7 Å². The van der Waals surface area contributed by atoms with E-state index in [0.29, 0.717) is 43.8 Å². The molecule has 0 aromatic heterocycles. The summed E-state index contributed by atoms with van der Waals surface area (Å²) in [7, 11) is 0. The Kier molecular flexibility index (Phi) is 49.7. The first-order chi connectivity index (χ1) is 30.3. The minimum absolute atomic E-state index is 0. The van der Waals surface area contributed by atoms with Gasteiger partial charge in [0.25, 0.3) is 0 Å². The maximum atomic E-state index is 8.77. The lowest BCUT2D eigenvalue weighted by Gasteiger charge is -2.33. The van der Waals surface area contributed by atoms with Crippen LogP contribution in [0.2, 0.25) is 0 Å². The van der Waals surface area contributed by atoms with Gasteiger partial charge in [0.05, 0.1) is 32.8 Å². The van der Waals surface area contributed by atoms with Crippen LogP contribution in [0.3, 0.4) is 0 Å². The zero-order valence-corrected chi connectivity index (χ0v) is 42.4. The van der Waals surface area contributed by atoms with E-state index in [9.17, 15) is 0 Å². The van der Waals surface area contributed by atoms with Gasteiger partial charge in [0.15, 0.2) is 0 Å². The van der Waals surface area contributed by atoms with E-state index in [1.54, 1.807) is 24.3 Å². The molecule has 0 spiro atoms. The van der Waals surface area contributed by atoms with Gasteiger partial charge in [-0.3, -0.25) is 9.38 Å². The molecule has 7 heteroatoms. The van der Waals surface area contributed by atoms with Crippen LogP contribution in [0.4, 0.5) is 0 Å². The molecule has 0 radical (unpaired) electrons. The summed E-state index contributed by atoms with van der Waals surface area (Å²) in [6.07, 6.45) is 59.5. The molecule has 5 nitrogen and oxygen atoms in total. The van der Waals surface area contributed by atoms with E-state index in [4.69, 9.17) is 53.5 Å². The molecule has 0 fully saturated rings. The van der Waals surface area contributed by atoms with Gasteiger partial charge in [-0.05, 0) is 72.6 Å². The van der Waals surface area contributed by atoms with Crippen molar-refractivity contribution < 1.29 is 36.4 Å². The lowest BCUT2D eigenvalue weighted by Crippen LogP contribution is -3.00. The quantitative estimate of drug-likeness (QED) is 0.0343. The van der Waals surface area contributed by atoms with Crippen molar-refractivity contribution in [1.82, 2.24) is 4.90 Å². The minimum Gasteiger partial charge on any atom is -1.00 e. The van der Waals surface area contributed by atoms with Gasteiger partial charge in [-0.2, -0.15) is 0 Å². The number of halogens is 2. The lowest BCUT2D eigenvalue weighted by molar-refractivity contribution is -0.921. The maximum Gasteiger partial charge on any atom is 0.142 e. The molecule has 0 aliphatic carbocycles. The van der Waals surface area contributed by atoms with Gasteiger partial charge in [0.2, 0.25) is 0 Å². The molecule has 0 saturated carbocycles. The number of terminal acetylenes is 6. The molecule has 2 N–H and O–H groups in total. The van der Waals surface area contributed by atoms with Crippen molar-refractivity contribution in [3.05, 3.63) is 59.7 Å². The first-order valence-electron chi connectivity index (χ1n) is 23.1. The first kappa shape index (κ1) is 63.5. The number of unbranched alkanes of at least 4 members (excludes halogenated alkanes) is 18. The highest BCUT2D eigenvalue weighted by atomic mass is 79.9. The highest BCUT2D eigenvalue weighted by Gasteiger charge is 2.25. The molecule has 0 aliphatic rings. The van der Waals surface area contributed by atoms with E-state index in [0.717, 1.165) is 30.9 Å². The van der Waals surface area contributed by atoms with Gasteiger partial charge in [-0.25, -0.2) is 0 Å². The summed E-state index contributed by atoms with van der Waals surface area (Å²) in [5, 5.41) is 18.5. The summed E-state index contributed by atoms with van der Waals surface area (Å²) < 4.78 is 6.43. The van der Waals surface area contributed by atoms with E-state index >= 15 is 0 Å². The summed E-state index contributed by atoms with van der Waals surface area (Å²) in [5.74, 6) is 16.8. The predicted molar refractivity (Wildman–Crippen MR) is 271 cm³/mol. The summed E-state index contributed by atoms with van der Waals surface area (Å²) in [6.45, 7) is 9.25. The van der Waals surface area contributed by atoms with Crippen LogP contribution in [0.1, 0.15) is 153 Å². The number of hydrogen-bond donors (Lipinski definition) is 2. The van der Waals surface area contributed by atoms with Gasteiger partial charge in [-0.15, -0.1) is 38.5 Å². The normalized spacial score (nSPS) is 9.89. The van der Waals surface area contributed by atoms with Crippen molar-refractivity contribution in [3.8, 4) is 85.6 Å². The number of benzene rings is 2. The third-order valence-electron chi connectivity index (χ3n) is 10.0. The topological polar surface area (TPSA) is 52.9 Å². The molecule has 348 valence electrons. The standard InChI is InChI=1S/C28H40NO.C12H25Br.C9H9N.C7H8O2.BrH/c1-5-9-10-11-12-13-14-15-16-17-25-30-28-20-18-27(19-21-28)26-29(22-6-2,23-7-3)24-8-4;1-2-3-4-5-6-7-8-9-10-11-12-13;1-4-7-10(8-5-2)9-6-3;8-5-6-1-3-7(9)4-2-6;/h2-4,18-21H,5,9-17,22-26H2,1H3;2-12H2,1H3;1-3H,7-9H2;1-4,8-9H,5H2;1H/q+1;;;;/p-1. The van der Waals surface area contributed by atoms with Crippen molar-refractivity contribution in [2.45, 2.75) is 155 Å². The molecular weight excluding hydrogens is 908 g/mol. The number of alkyl halides is 1. The Morgan fingerprint density at radius 3 is 1.24 bits per heavy atom. The van der Waals surface area contributed by atoms with Crippen LogP contribution in [0.25, 0.3) is 0 Å². The number of quaternary nitrogens is 1. The molecule has 0 aliphatic heterocycles. The second kappa shape index (κ2) is 49.3. The zero-order valence-electron chi connectivity index (χ0n) is 39.2. The molecule has 0 unspecified atom stereocenters. The third kappa shape index (κ3) is 40.7. The van der Waals surface area contributed by atoms with E-state index in [-0.39, 0.29) is 29.3 Å². The first-order valence-corrected chi connectivity index (χ1v) is 24.3. The number of aliphatic hydroxyl groups excluding tert-OH is 1. The average molecular weight is 991 g/mol. The number of nitrogens with zero attached hydrogens (tertiary/aromatic N) is 2. The molecule has 0 amide bonds. The van der Waals surface area contributed by atoms with Crippen molar-refractivity contribution in [3.63, 3.8) is 0 Å². The largest absolute Gasteiger partial charge is 1.00 e. The summed E-state index contributed by atoms with van der Waals surface area (Å²) in [6, 6.07) is 14.7. The Morgan fingerprint density at radius 2 is 0.889 bits per heavy atom.